The summed E-state index contributed by atoms with van der Waals surface area (Å²) in [5.41, 5.74) is 2.08. The molecule has 1 aromatic heterocycles. The van der Waals surface area contributed by atoms with Gasteiger partial charge < -0.3 is 5.32 Å². The number of likely N-dealkylation sites (N-methyl/N-ethyl adjacent to an activating group) is 1. The zero-order valence-electron chi connectivity index (χ0n) is 12.6. The normalized spacial score (nSPS) is 24.9. The highest BCUT2D eigenvalue weighted by Crippen LogP contribution is 2.36. The van der Waals surface area contributed by atoms with Gasteiger partial charge in [-0.15, -0.1) is 0 Å². The Bertz CT molecular complexity index is 450. The van der Waals surface area contributed by atoms with Crippen LogP contribution in [0.15, 0.2) is 0 Å². The Hall–Kier alpha value is 0.160. The smallest absolute Gasteiger partial charge is 0.0847 e. The number of hydrogen-bond donors (Lipinski definition) is 1. The first-order valence-electron chi connectivity index (χ1n) is 7.16. The maximum absolute atomic E-state index is 6.40. The topological polar surface area (TPSA) is 29.9 Å². The van der Waals surface area contributed by atoms with Crippen molar-refractivity contribution in [3.05, 3.63) is 16.4 Å². The van der Waals surface area contributed by atoms with E-state index in [2.05, 4.69) is 47.9 Å². The molecule has 0 bridgehead atoms. The molecule has 1 aromatic rings. The van der Waals surface area contributed by atoms with E-state index in [1.165, 1.54) is 17.9 Å². The lowest BCUT2D eigenvalue weighted by Gasteiger charge is -2.36. The average Bonchev–Trinajstić information content (AvgIpc) is 2.70. The largest absolute Gasteiger partial charge is 0.315 e. The van der Waals surface area contributed by atoms with E-state index in [0.29, 0.717) is 11.3 Å². The second kappa shape index (κ2) is 7.43. The lowest BCUT2D eigenvalue weighted by molar-refractivity contribution is 0.501. The predicted octanol–water partition coefficient (Wildman–Crippen LogP) is 3.14. The summed E-state index contributed by atoms with van der Waals surface area (Å²) >= 11 is 10.6. The van der Waals surface area contributed by atoms with E-state index in [1.807, 2.05) is 18.7 Å². The molecule has 1 fully saturated rings. The Morgan fingerprint density at radius 3 is 2.70 bits per heavy atom. The first kappa shape index (κ1) is 16.5. The van der Waals surface area contributed by atoms with E-state index in [1.54, 1.807) is 0 Å². The number of nitrogens with one attached hydrogen (secondary N) is 1. The Morgan fingerprint density at radius 2 is 2.15 bits per heavy atom. The number of nitrogens with zero attached hydrogens (tertiary/aromatic N) is 2. The predicted molar refractivity (Wildman–Crippen MR) is 92.3 cm³/mol. The number of halogens is 1. The molecule has 6 heteroatoms. The van der Waals surface area contributed by atoms with E-state index < -0.39 is 0 Å². The van der Waals surface area contributed by atoms with Gasteiger partial charge in [0.25, 0.3) is 0 Å². The molecule has 3 nitrogen and oxygen atoms in total. The maximum atomic E-state index is 6.40. The lowest BCUT2D eigenvalue weighted by Crippen LogP contribution is -2.45. The van der Waals surface area contributed by atoms with Gasteiger partial charge in [0.05, 0.1) is 16.4 Å². The Morgan fingerprint density at radius 1 is 1.45 bits per heavy atom. The zero-order valence-corrected chi connectivity index (χ0v) is 15.0. The van der Waals surface area contributed by atoms with Crippen LogP contribution in [0.2, 0.25) is 5.02 Å². The van der Waals surface area contributed by atoms with E-state index in [0.717, 1.165) is 28.1 Å². The minimum atomic E-state index is 0.449. The molecule has 0 spiro atoms. The van der Waals surface area contributed by atoms with Crippen molar-refractivity contribution in [1.29, 1.82) is 0 Å². The van der Waals surface area contributed by atoms with Crippen LogP contribution in [0.3, 0.4) is 0 Å². The molecular weight excluding hydrogens is 310 g/mol. The Kier molecular flexibility index (Phi) is 6.14. The summed E-state index contributed by atoms with van der Waals surface area (Å²) in [6.45, 7) is 4.27. The fourth-order valence-electron chi connectivity index (χ4n) is 2.80. The molecule has 20 heavy (non-hydrogen) atoms. The highest BCUT2D eigenvalue weighted by atomic mass is 35.5. The number of rotatable bonds is 5. The van der Waals surface area contributed by atoms with Gasteiger partial charge in [0.15, 0.2) is 0 Å². The van der Waals surface area contributed by atoms with E-state index in [9.17, 15) is 0 Å². The summed E-state index contributed by atoms with van der Waals surface area (Å²) in [6.07, 6.45) is 2.18. The Labute approximate surface area is 135 Å². The fraction of sp³-hybridized carbons (Fsp3) is 0.786. The third-order valence-electron chi connectivity index (χ3n) is 3.94. The number of hydrogen-bond acceptors (Lipinski definition) is 4. The highest BCUT2D eigenvalue weighted by molar-refractivity contribution is 8.07. The SMILES string of the molecule is CCC1SCCSC1C(Cc1c(Cl)c(C)nn1C)NC. The van der Waals surface area contributed by atoms with Gasteiger partial charge in [0, 0.05) is 41.5 Å². The average molecular weight is 334 g/mol. The van der Waals surface area contributed by atoms with Crippen LogP contribution >= 0.6 is 35.1 Å². The molecule has 3 unspecified atom stereocenters. The standard InChI is InChI=1S/C14H24ClN3S2/c1-5-12-14(20-7-6-19-12)10(16-3)8-11-13(15)9(2)17-18(11)4/h10,12,14,16H,5-8H2,1-4H3. The van der Waals surface area contributed by atoms with Crippen molar-refractivity contribution in [2.75, 3.05) is 18.6 Å². The maximum Gasteiger partial charge on any atom is 0.0847 e. The second-order valence-electron chi connectivity index (χ2n) is 5.22. The summed E-state index contributed by atoms with van der Waals surface area (Å²) in [7, 11) is 4.05. The Balaban J connectivity index is 2.15. The van der Waals surface area contributed by atoms with E-state index in [4.69, 9.17) is 11.6 Å². The van der Waals surface area contributed by atoms with Crippen molar-refractivity contribution < 1.29 is 0 Å². The number of aryl methyl sites for hydroxylation is 2. The van der Waals surface area contributed by atoms with Crippen molar-refractivity contribution in [2.24, 2.45) is 7.05 Å². The van der Waals surface area contributed by atoms with Crippen molar-refractivity contribution in [1.82, 2.24) is 15.1 Å². The molecule has 0 aromatic carbocycles. The third-order valence-corrected chi connectivity index (χ3v) is 7.84. The second-order valence-corrected chi connectivity index (χ2v) is 8.23. The summed E-state index contributed by atoms with van der Waals surface area (Å²) < 4.78 is 1.93. The monoisotopic (exact) mass is 333 g/mol. The van der Waals surface area contributed by atoms with Gasteiger partial charge in [0.2, 0.25) is 0 Å². The fourth-order valence-corrected chi connectivity index (χ4v) is 6.34. The van der Waals surface area contributed by atoms with Crippen LogP contribution in [0.1, 0.15) is 24.7 Å². The van der Waals surface area contributed by atoms with E-state index >= 15 is 0 Å². The van der Waals surface area contributed by atoms with Gasteiger partial charge in [0.1, 0.15) is 0 Å². The van der Waals surface area contributed by atoms with Crippen LogP contribution in [-0.2, 0) is 13.5 Å². The molecule has 1 saturated heterocycles. The van der Waals surface area contributed by atoms with Crippen LogP contribution in [0, 0.1) is 6.92 Å². The molecule has 2 rings (SSSR count). The van der Waals surface area contributed by atoms with Crippen LogP contribution < -0.4 is 5.32 Å². The number of thioether (sulfide) groups is 2. The summed E-state index contributed by atoms with van der Waals surface area (Å²) in [5, 5.41) is 10.2. The van der Waals surface area contributed by atoms with Crippen LogP contribution in [-0.4, -0.2) is 44.9 Å². The van der Waals surface area contributed by atoms with Crippen LogP contribution in [0.25, 0.3) is 0 Å². The van der Waals surface area contributed by atoms with Gasteiger partial charge in [-0.1, -0.05) is 18.5 Å². The summed E-state index contributed by atoms with van der Waals surface area (Å²) in [5.74, 6) is 2.53. The molecule has 0 aliphatic carbocycles. The molecule has 1 aliphatic rings. The van der Waals surface area contributed by atoms with Gasteiger partial charge in [-0.05, 0) is 20.4 Å². The van der Waals surface area contributed by atoms with Crippen molar-refractivity contribution >= 4 is 35.1 Å². The molecule has 114 valence electrons. The minimum absolute atomic E-state index is 0.449. The van der Waals surface area contributed by atoms with Gasteiger partial charge in [-0.2, -0.15) is 28.6 Å². The molecule has 3 atom stereocenters. The van der Waals surface area contributed by atoms with Crippen molar-refractivity contribution in [3.8, 4) is 0 Å². The van der Waals surface area contributed by atoms with Gasteiger partial charge >= 0.3 is 0 Å². The molecule has 2 heterocycles. The van der Waals surface area contributed by atoms with Crippen LogP contribution in [0.4, 0.5) is 0 Å². The molecular formula is C14H24ClN3S2. The minimum Gasteiger partial charge on any atom is -0.315 e. The molecule has 0 amide bonds. The van der Waals surface area contributed by atoms with Gasteiger partial charge in [-0.25, -0.2) is 0 Å². The molecule has 1 aliphatic heterocycles. The quantitative estimate of drug-likeness (QED) is 0.896. The number of aromatic nitrogens is 2. The first-order chi connectivity index (χ1) is 9.58. The highest BCUT2D eigenvalue weighted by Gasteiger charge is 2.32. The molecule has 1 N–H and O–H groups in total. The summed E-state index contributed by atoms with van der Waals surface area (Å²) in [4.78, 5) is 0. The molecule has 0 radical (unpaired) electrons. The first-order valence-corrected chi connectivity index (χ1v) is 9.64. The molecule has 0 saturated carbocycles. The lowest BCUT2D eigenvalue weighted by atomic mass is 10.0. The van der Waals surface area contributed by atoms with Crippen LogP contribution in [0.5, 0.6) is 0 Å². The zero-order chi connectivity index (χ0) is 14.7. The third kappa shape index (κ3) is 3.49. The summed E-state index contributed by atoms with van der Waals surface area (Å²) in [6, 6.07) is 0.449. The van der Waals surface area contributed by atoms with E-state index in [-0.39, 0.29) is 0 Å². The van der Waals surface area contributed by atoms with Crippen molar-refractivity contribution in [3.63, 3.8) is 0 Å². The van der Waals surface area contributed by atoms with Crippen molar-refractivity contribution in [2.45, 2.75) is 43.2 Å². The van der Waals surface area contributed by atoms with Gasteiger partial charge in [-0.3, -0.25) is 4.68 Å².